The van der Waals surface area contributed by atoms with Crippen molar-refractivity contribution < 1.29 is 4.79 Å². The fourth-order valence-electron chi connectivity index (χ4n) is 1.82. The minimum absolute atomic E-state index is 0.0458. The fraction of sp³-hybridized carbons (Fsp3) is 0.429. The van der Waals surface area contributed by atoms with Crippen LogP contribution < -0.4 is 0 Å². The van der Waals surface area contributed by atoms with Gasteiger partial charge < -0.3 is 4.90 Å². The van der Waals surface area contributed by atoms with Crippen LogP contribution in [0.4, 0.5) is 0 Å². The third-order valence-corrected chi connectivity index (χ3v) is 2.95. The molecule has 0 aliphatic carbocycles. The van der Waals surface area contributed by atoms with Crippen LogP contribution in [0, 0.1) is 0 Å². The topological polar surface area (TPSA) is 63.9 Å². The van der Waals surface area contributed by atoms with Gasteiger partial charge in [-0.2, -0.15) is 4.80 Å². The molecule has 0 aliphatic heterocycles. The van der Waals surface area contributed by atoms with Crippen LogP contribution in [0.5, 0.6) is 0 Å². The first-order valence-corrected chi connectivity index (χ1v) is 6.78. The van der Waals surface area contributed by atoms with Crippen LogP contribution in [0.15, 0.2) is 30.3 Å². The molecule has 106 valence electrons. The monoisotopic (exact) mass is 273 g/mol. The van der Waals surface area contributed by atoms with Crippen LogP contribution in [0.3, 0.4) is 0 Å². The molecule has 1 heterocycles. The minimum atomic E-state index is -0.0458. The van der Waals surface area contributed by atoms with Crippen molar-refractivity contribution in [2.24, 2.45) is 0 Å². The zero-order valence-corrected chi connectivity index (χ0v) is 11.9. The molecule has 1 amide bonds. The lowest BCUT2D eigenvalue weighted by atomic mass is 10.2. The van der Waals surface area contributed by atoms with Gasteiger partial charge in [0.1, 0.15) is 0 Å². The van der Waals surface area contributed by atoms with Gasteiger partial charge in [0.2, 0.25) is 0 Å². The van der Waals surface area contributed by atoms with Crippen LogP contribution in [0.2, 0.25) is 0 Å². The Morgan fingerprint density at radius 2 is 2.05 bits per heavy atom. The summed E-state index contributed by atoms with van der Waals surface area (Å²) in [6, 6.07) is 9.17. The molecule has 1 aromatic carbocycles. The smallest absolute Gasteiger partial charge is 0.254 e. The average Bonchev–Trinajstić information content (AvgIpc) is 2.92. The number of rotatable bonds is 6. The van der Waals surface area contributed by atoms with Gasteiger partial charge in [-0.15, -0.1) is 10.2 Å². The van der Waals surface area contributed by atoms with Crippen molar-refractivity contribution in [3.05, 3.63) is 41.7 Å². The summed E-state index contributed by atoms with van der Waals surface area (Å²) in [5.74, 6) is 0.517. The minimum Gasteiger partial charge on any atom is -0.334 e. The summed E-state index contributed by atoms with van der Waals surface area (Å²) in [6.07, 6.45) is 2.11. The van der Waals surface area contributed by atoms with Gasteiger partial charge in [0.05, 0.1) is 13.1 Å². The number of nitrogens with zero attached hydrogens (tertiary/aromatic N) is 5. The van der Waals surface area contributed by atoms with Gasteiger partial charge in [-0.3, -0.25) is 4.79 Å². The Labute approximate surface area is 118 Å². The molecule has 0 N–H and O–H groups in total. The SMILES string of the molecule is CCCCn1nnc(CN(C)C(=O)c2ccccc2)n1. The van der Waals surface area contributed by atoms with Crippen molar-refractivity contribution in [3.63, 3.8) is 0 Å². The van der Waals surface area contributed by atoms with E-state index in [1.165, 1.54) is 0 Å². The van der Waals surface area contributed by atoms with Gasteiger partial charge in [0.15, 0.2) is 5.82 Å². The highest BCUT2D eigenvalue weighted by Crippen LogP contribution is 2.05. The number of carbonyl (C=O) groups excluding carboxylic acids is 1. The first kappa shape index (κ1) is 14.2. The molecule has 20 heavy (non-hydrogen) atoms. The number of hydrogen-bond donors (Lipinski definition) is 0. The summed E-state index contributed by atoms with van der Waals surface area (Å²) in [5.41, 5.74) is 0.661. The van der Waals surface area contributed by atoms with Crippen LogP contribution >= 0.6 is 0 Å². The normalized spacial score (nSPS) is 10.5. The molecule has 0 spiro atoms. The molecular weight excluding hydrogens is 254 g/mol. The highest BCUT2D eigenvalue weighted by molar-refractivity contribution is 5.93. The van der Waals surface area contributed by atoms with E-state index >= 15 is 0 Å². The van der Waals surface area contributed by atoms with Gasteiger partial charge in [-0.05, 0) is 23.8 Å². The van der Waals surface area contributed by atoms with E-state index < -0.39 is 0 Å². The Bertz CT molecular complexity index is 552. The lowest BCUT2D eigenvalue weighted by Crippen LogP contribution is -2.26. The second-order valence-electron chi connectivity index (χ2n) is 4.68. The maximum absolute atomic E-state index is 12.2. The van der Waals surface area contributed by atoms with Crippen molar-refractivity contribution in [3.8, 4) is 0 Å². The van der Waals surface area contributed by atoms with E-state index in [1.54, 1.807) is 28.9 Å². The van der Waals surface area contributed by atoms with Gasteiger partial charge >= 0.3 is 0 Å². The second-order valence-corrected chi connectivity index (χ2v) is 4.68. The molecule has 0 saturated carbocycles. The summed E-state index contributed by atoms with van der Waals surface area (Å²) in [7, 11) is 1.74. The van der Waals surface area contributed by atoms with E-state index in [1.807, 2.05) is 18.2 Å². The molecule has 0 atom stereocenters. The molecule has 2 rings (SSSR count). The zero-order valence-electron chi connectivity index (χ0n) is 11.9. The fourth-order valence-corrected chi connectivity index (χ4v) is 1.82. The summed E-state index contributed by atoms with van der Waals surface area (Å²) >= 11 is 0. The summed E-state index contributed by atoms with van der Waals surface area (Å²) in [6.45, 7) is 3.24. The number of aromatic nitrogens is 4. The number of aryl methyl sites for hydroxylation is 1. The first-order valence-electron chi connectivity index (χ1n) is 6.78. The predicted molar refractivity (Wildman–Crippen MR) is 75.0 cm³/mol. The largest absolute Gasteiger partial charge is 0.334 e. The van der Waals surface area contributed by atoms with E-state index in [-0.39, 0.29) is 5.91 Å². The summed E-state index contributed by atoms with van der Waals surface area (Å²) in [4.78, 5) is 15.3. The van der Waals surface area contributed by atoms with Gasteiger partial charge in [0, 0.05) is 12.6 Å². The first-order chi connectivity index (χ1) is 9.70. The standard InChI is InChI=1S/C14H19N5O/c1-3-4-10-19-16-13(15-17-19)11-18(2)14(20)12-8-6-5-7-9-12/h5-9H,3-4,10-11H2,1-2H3. The number of carbonyl (C=O) groups is 1. The Hall–Kier alpha value is -2.24. The molecule has 0 radical (unpaired) electrons. The van der Waals surface area contributed by atoms with Crippen molar-refractivity contribution >= 4 is 5.91 Å². The molecule has 6 heteroatoms. The van der Waals surface area contributed by atoms with E-state index in [0.29, 0.717) is 17.9 Å². The number of hydrogen-bond acceptors (Lipinski definition) is 4. The molecule has 6 nitrogen and oxygen atoms in total. The van der Waals surface area contributed by atoms with Crippen molar-refractivity contribution in [1.82, 2.24) is 25.1 Å². The van der Waals surface area contributed by atoms with E-state index in [0.717, 1.165) is 19.4 Å². The molecule has 0 fully saturated rings. The van der Waals surface area contributed by atoms with Crippen LogP contribution in [0.25, 0.3) is 0 Å². The van der Waals surface area contributed by atoms with Gasteiger partial charge in [-0.25, -0.2) is 0 Å². The molecule has 0 aliphatic rings. The molecule has 0 bridgehead atoms. The molecular formula is C14H19N5O. The number of unbranched alkanes of at least 4 members (excludes halogenated alkanes) is 1. The lowest BCUT2D eigenvalue weighted by molar-refractivity contribution is 0.0781. The van der Waals surface area contributed by atoms with Crippen LogP contribution in [0.1, 0.15) is 35.9 Å². The van der Waals surface area contributed by atoms with Crippen molar-refractivity contribution in [2.75, 3.05) is 7.05 Å². The van der Waals surface area contributed by atoms with E-state index in [2.05, 4.69) is 22.3 Å². The molecule has 1 aromatic heterocycles. The summed E-state index contributed by atoms with van der Waals surface area (Å²) < 4.78 is 0. The van der Waals surface area contributed by atoms with Gasteiger partial charge in [-0.1, -0.05) is 31.5 Å². The van der Waals surface area contributed by atoms with Crippen LogP contribution in [-0.4, -0.2) is 38.1 Å². The third-order valence-electron chi connectivity index (χ3n) is 2.95. The zero-order chi connectivity index (χ0) is 14.4. The quantitative estimate of drug-likeness (QED) is 0.804. The predicted octanol–water partition coefficient (Wildman–Crippen LogP) is 1.75. The molecule has 2 aromatic rings. The highest BCUT2D eigenvalue weighted by Gasteiger charge is 2.14. The highest BCUT2D eigenvalue weighted by atomic mass is 16.2. The van der Waals surface area contributed by atoms with Crippen LogP contribution in [-0.2, 0) is 13.1 Å². The maximum Gasteiger partial charge on any atom is 0.254 e. The Kier molecular flexibility index (Phi) is 4.81. The number of amides is 1. The number of benzene rings is 1. The molecule has 0 unspecified atom stereocenters. The van der Waals surface area contributed by atoms with Crippen molar-refractivity contribution in [1.29, 1.82) is 0 Å². The van der Waals surface area contributed by atoms with Gasteiger partial charge in [0.25, 0.3) is 5.91 Å². The Morgan fingerprint density at radius 1 is 1.30 bits per heavy atom. The third kappa shape index (κ3) is 3.63. The van der Waals surface area contributed by atoms with E-state index in [9.17, 15) is 4.79 Å². The Morgan fingerprint density at radius 3 is 2.75 bits per heavy atom. The number of tetrazole rings is 1. The maximum atomic E-state index is 12.2. The lowest BCUT2D eigenvalue weighted by Gasteiger charge is -2.14. The van der Waals surface area contributed by atoms with Crippen molar-refractivity contribution in [2.45, 2.75) is 32.9 Å². The second kappa shape index (κ2) is 6.79. The summed E-state index contributed by atoms with van der Waals surface area (Å²) in [5, 5.41) is 12.2. The average molecular weight is 273 g/mol. The Balaban J connectivity index is 1.95. The molecule has 0 saturated heterocycles. The van der Waals surface area contributed by atoms with E-state index in [4.69, 9.17) is 0 Å².